The fourth-order valence-electron chi connectivity index (χ4n) is 3.86. The lowest BCUT2D eigenvalue weighted by molar-refractivity contribution is -0.127. The number of rotatable bonds is 4. The minimum Gasteiger partial charge on any atom is -0.481 e. The van der Waals surface area contributed by atoms with Crippen LogP contribution in [0.2, 0.25) is 0 Å². The van der Waals surface area contributed by atoms with E-state index in [9.17, 15) is 9.59 Å². The van der Waals surface area contributed by atoms with E-state index in [2.05, 4.69) is 17.4 Å². The molecule has 27 heavy (non-hydrogen) atoms. The van der Waals surface area contributed by atoms with Crippen molar-refractivity contribution in [3.05, 3.63) is 53.6 Å². The Bertz CT molecular complexity index is 878. The summed E-state index contributed by atoms with van der Waals surface area (Å²) in [4.78, 5) is 26.7. The third-order valence-corrected chi connectivity index (χ3v) is 5.28. The van der Waals surface area contributed by atoms with E-state index in [1.165, 1.54) is 28.9 Å². The van der Waals surface area contributed by atoms with Gasteiger partial charge in [-0.3, -0.25) is 14.5 Å². The Hall–Kier alpha value is -2.82. The number of anilines is 2. The average Bonchev–Trinajstić information content (AvgIpc) is 2.70. The highest BCUT2D eigenvalue weighted by Crippen LogP contribution is 2.31. The van der Waals surface area contributed by atoms with Gasteiger partial charge in [-0.15, -0.1) is 0 Å². The van der Waals surface area contributed by atoms with Crippen LogP contribution in [0.25, 0.3) is 0 Å². The van der Waals surface area contributed by atoms with Gasteiger partial charge >= 0.3 is 0 Å². The van der Waals surface area contributed by atoms with E-state index >= 15 is 0 Å². The number of fused-ring (bicyclic) bond motifs is 2. The molecule has 1 aliphatic heterocycles. The first-order valence-corrected chi connectivity index (χ1v) is 9.64. The molecule has 4 rings (SSSR count). The van der Waals surface area contributed by atoms with Crippen LogP contribution < -0.4 is 15.0 Å². The molecular formula is C22H24N2O3. The normalized spacial score (nSPS) is 16.8. The number of nitrogens with zero attached hydrogens (tertiary/aromatic N) is 1. The van der Waals surface area contributed by atoms with Gasteiger partial charge in [0.25, 0.3) is 5.91 Å². The van der Waals surface area contributed by atoms with Crippen LogP contribution in [0.3, 0.4) is 0 Å². The highest BCUT2D eigenvalue weighted by atomic mass is 16.5. The fourth-order valence-corrected chi connectivity index (χ4v) is 3.86. The molecule has 2 aliphatic rings. The van der Waals surface area contributed by atoms with Gasteiger partial charge in [0.05, 0.1) is 11.4 Å². The lowest BCUT2D eigenvalue weighted by Gasteiger charge is -2.31. The molecule has 5 nitrogen and oxygen atoms in total. The van der Waals surface area contributed by atoms with Crippen molar-refractivity contribution in [1.82, 2.24) is 0 Å². The van der Waals surface area contributed by atoms with Crippen molar-refractivity contribution < 1.29 is 14.3 Å². The molecule has 0 saturated carbocycles. The molecule has 2 aromatic carbocycles. The van der Waals surface area contributed by atoms with E-state index in [0.29, 0.717) is 12.1 Å². The monoisotopic (exact) mass is 364 g/mol. The van der Waals surface area contributed by atoms with Gasteiger partial charge in [-0.1, -0.05) is 25.1 Å². The summed E-state index contributed by atoms with van der Waals surface area (Å²) in [6.07, 6.45) is 4.54. The Labute approximate surface area is 159 Å². The molecule has 0 saturated heterocycles. The maximum absolute atomic E-state index is 13.2. The number of carbonyl (C=O) groups is 2. The van der Waals surface area contributed by atoms with E-state index in [1.807, 2.05) is 31.2 Å². The molecule has 1 heterocycles. The molecule has 0 fully saturated rings. The molecule has 1 N–H and O–H groups in total. The maximum atomic E-state index is 13.2. The fraction of sp³-hybridized carbons (Fsp3) is 0.364. The van der Waals surface area contributed by atoms with Crippen molar-refractivity contribution in [2.75, 3.05) is 16.8 Å². The number of hydrogen-bond acceptors (Lipinski definition) is 3. The Morgan fingerprint density at radius 3 is 2.74 bits per heavy atom. The third-order valence-electron chi connectivity index (χ3n) is 5.28. The van der Waals surface area contributed by atoms with Gasteiger partial charge in [-0.05, 0) is 67.5 Å². The molecule has 2 amide bonds. The number of nitrogens with one attached hydrogen (secondary N) is 1. The number of benzene rings is 2. The number of hydrogen-bond donors (Lipinski definition) is 1. The maximum Gasteiger partial charge on any atom is 0.268 e. The van der Waals surface area contributed by atoms with E-state index in [0.717, 1.165) is 24.3 Å². The van der Waals surface area contributed by atoms with Gasteiger partial charge in [-0.25, -0.2) is 0 Å². The summed E-state index contributed by atoms with van der Waals surface area (Å²) in [6.45, 7) is 1.94. The van der Waals surface area contributed by atoms with Crippen LogP contribution in [0, 0.1) is 0 Å². The molecule has 140 valence electrons. The third kappa shape index (κ3) is 3.54. The number of ether oxygens (including phenoxy) is 1. The lowest BCUT2D eigenvalue weighted by Crippen LogP contribution is -2.48. The molecule has 0 bridgehead atoms. The van der Waals surface area contributed by atoms with Crippen LogP contribution in [0.4, 0.5) is 11.4 Å². The quantitative estimate of drug-likeness (QED) is 0.900. The highest BCUT2D eigenvalue weighted by Gasteiger charge is 2.32. The molecule has 0 spiro atoms. The minimum atomic E-state index is -0.620. The minimum absolute atomic E-state index is 0.0138. The zero-order valence-electron chi connectivity index (χ0n) is 15.5. The predicted molar refractivity (Wildman–Crippen MR) is 105 cm³/mol. The second-order valence-electron chi connectivity index (χ2n) is 7.14. The molecule has 0 radical (unpaired) electrons. The summed E-state index contributed by atoms with van der Waals surface area (Å²) in [5.41, 5.74) is 4.08. The summed E-state index contributed by atoms with van der Waals surface area (Å²) < 4.78 is 6.07. The van der Waals surface area contributed by atoms with Gasteiger partial charge in [0.2, 0.25) is 5.91 Å². The number of aryl methyl sites for hydroxylation is 2. The Balaban J connectivity index is 1.56. The van der Waals surface area contributed by atoms with Crippen molar-refractivity contribution in [2.45, 2.75) is 45.1 Å². The van der Waals surface area contributed by atoms with E-state index in [4.69, 9.17) is 4.74 Å². The van der Waals surface area contributed by atoms with Crippen LogP contribution in [-0.2, 0) is 22.4 Å². The summed E-state index contributed by atoms with van der Waals surface area (Å²) in [7, 11) is 0. The van der Waals surface area contributed by atoms with Crippen molar-refractivity contribution >= 4 is 23.2 Å². The summed E-state index contributed by atoms with van der Waals surface area (Å²) in [5.74, 6) is 0.355. The molecule has 2 aromatic rings. The van der Waals surface area contributed by atoms with Gasteiger partial charge in [0, 0.05) is 0 Å². The van der Waals surface area contributed by atoms with Crippen LogP contribution >= 0.6 is 0 Å². The van der Waals surface area contributed by atoms with E-state index in [-0.39, 0.29) is 18.4 Å². The smallest absolute Gasteiger partial charge is 0.268 e. The second kappa shape index (κ2) is 7.43. The first-order valence-electron chi connectivity index (χ1n) is 9.64. The Morgan fingerprint density at radius 2 is 1.93 bits per heavy atom. The zero-order valence-corrected chi connectivity index (χ0v) is 15.5. The van der Waals surface area contributed by atoms with Crippen LogP contribution in [0.15, 0.2) is 42.5 Å². The van der Waals surface area contributed by atoms with Crippen molar-refractivity contribution in [2.24, 2.45) is 0 Å². The first kappa shape index (κ1) is 17.6. The van der Waals surface area contributed by atoms with Gasteiger partial charge in [0.15, 0.2) is 6.10 Å². The highest BCUT2D eigenvalue weighted by molar-refractivity contribution is 6.11. The molecule has 0 aromatic heterocycles. The van der Waals surface area contributed by atoms with Gasteiger partial charge in [0.1, 0.15) is 12.3 Å². The first-order chi connectivity index (χ1) is 13.2. The Morgan fingerprint density at radius 1 is 1.15 bits per heavy atom. The van der Waals surface area contributed by atoms with E-state index in [1.54, 1.807) is 6.07 Å². The Kier molecular flexibility index (Phi) is 4.84. The molecule has 1 unspecified atom stereocenters. The summed E-state index contributed by atoms with van der Waals surface area (Å²) >= 11 is 0. The largest absolute Gasteiger partial charge is 0.481 e. The van der Waals surface area contributed by atoms with Crippen LogP contribution in [-0.4, -0.2) is 24.5 Å². The van der Waals surface area contributed by atoms with Crippen molar-refractivity contribution in [1.29, 1.82) is 0 Å². The number of amides is 2. The lowest BCUT2D eigenvalue weighted by atomic mass is 9.92. The molecular weight excluding hydrogens is 340 g/mol. The van der Waals surface area contributed by atoms with Gasteiger partial charge < -0.3 is 10.1 Å². The number of carbonyl (C=O) groups excluding carboxylic acids is 2. The second-order valence-corrected chi connectivity index (χ2v) is 7.14. The van der Waals surface area contributed by atoms with Gasteiger partial charge in [-0.2, -0.15) is 0 Å². The topological polar surface area (TPSA) is 58.6 Å². The predicted octanol–water partition coefficient (Wildman–Crippen LogP) is 3.71. The molecule has 1 aliphatic carbocycles. The van der Waals surface area contributed by atoms with E-state index < -0.39 is 6.10 Å². The number of para-hydroxylation sites is 2. The molecule has 1 atom stereocenters. The zero-order chi connectivity index (χ0) is 18.8. The average molecular weight is 364 g/mol. The summed E-state index contributed by atoms with van der Waals surface area (Å²) in [5, 5.41) is 2.81. The van der Waals surface area contributed by atoms with Crippen molar-refractivity contribution in [3.63, 3.8) is 0 Å². The van der Waals surface area contributed by atoms with Crippen LogP contribution in [0.1, 0.15) is 37.3 Å². The van der Waals surface area contributed by atoms with Crippen molar-refractivity contribution in [3.8, 4) is 5.75 Å². The SMILES string of the molecule is CCC(Oc1ccc2c(c1)CCCC2)C(=O)N1CC(=O)Nc2ccccc21. The summed E-state index contributed by atoms with van der Waals surface area (Å²) in [6, 6.07) is 13.5. The standard InChI is InChI=1S/C22H24N2O3/c1-2-20(27-17-12-11-15-7-3-4-8-16(15)13-17)22(26)24-14-21(25)23-18-9-5-6-10-19(18)24/h5-6,9-13,20H,2-4,7-8,14H2,1H3,(H,23,25). The molecule has 5 heteroatoms. The van der Waals surface area contributed by atoms with Crippen LogP contribution in [0.5, 0.6) is 5.75 Å².